The van der Waals surface area contributed by atoms with Crippen molar-refractivity contribution < 1.29 is 19.4 Å². The summed E-state index contributed by atoms with van der Waals surface area (Å²) >= 11 is 0. The number of carbonyl (C=O) groups excluding carboxylic acids is 1. The Morgan fingerprint density at radius 2 is 1.90 bits per heavy atom. The van der Waals surface area contributed by atoms with Crippen LogP contribution in [0.5, 0.6) is 0 Å². The van der Waals surface area contributed by atoms with Gasteiger partial charge in [0.15, 0.2) is 0 Å². The van der Waals surface area contributed by atoms with Crippen molar-refractivity contribution in [3.63, 3.8) is 0 Å². The lowest BCUT2D eigenvalue weighted by Gasteiger charge is -2.38. The number of likely N-dealkylation sites (tertiary alicyclic amines) is 1. The normalized spacial score (nSPS) is 29.3. The van der Waals surface area contributed by atoms with Gasteiger partial charge in [0.25, 0.3) is 0 Å². The fourth-order valence-corrected chi connectivity index (χ4v) is 2.92. The summed E-state index contributed by atoms with van der Waals surface area (Å²) in [5.74, 6) is 0.448. The smallest absolute Gasteiger partial charge is 0.410 e. The van der Waals surface area contributed by atoms with E-state index in [0.717, 1.165) is 38.8 Å². The molecule has 1 amide bonds. The van der Waals surface area contributed by atoms with Crippen LogP contribution in [0.4, 0.5) is 4.79 Å². The third kappa shape index (κ3) is 4.35. The van der Waals surface area contributed by atoms with E-state index in [2.05, 4.69) is 0 Å². The van der Waals surface area contributed by atoms with Gasteiger partial charge in [0, 0.05) is 19.7 Å². The molecule has 5 nitrogen and oxygen atoms in total. The zero-order chi connectivity index (χ0) is 14.8. The molecule has 2 atom stereocenters. The van der Waals surface area contributed by atoms with Crippen LogP contribution >= 0.6 is 0 Å². The van der Waals surface area contributed by atoms with E-state index in [9.17, 15) is 9.90 Å². The van der Waals surface area contributed by atoms with E-state index in [4.69, 9.17) is 9.47 Å². The first-order valence-corrected chi connectivity index (χ1v) is 7.63. The molecule has 0 unspecified atom stereocenters. The van der Waals surface area contributed by atoms with Crippen LogP contribution in [0, 0.1) is 5.92 Å². The number of rotatable bonds is 1. The fraction of sp³-hybridized carbons (Fsp3) is 0.933. The lowest BCUT2D eigenvalue weighted by atomic mass is 9.87. The Labute approximate surface area is 121 Å². The molecular weight excluding hydrogens is 258 g/mol. The Kier molecular flexibility index (Phi) is 4.91. The van der Waals surface area contributed by atoms with E-state index in [1.54, 1.807) is 4.90 Å². The average Bonchev–Trinajstić information content (AvgIpc) is 2.37. The van der Waals surface area contributed by atoms with Gasteiger partial charge < -0.3 is 19.5 Å². The molecular formula is C15H27NO4. The molecule has 2 aliphatic rings. The van der Waals surface area contributed by atoms with Crippen LogP contribution in [-0.2, 0) is 9.47 Å². The number of carbonyl (C=O) groups is 1. The van der Waals surface area contributed by atoms with E-state index < -0.39 is 5.60 Å². The van der Waals surface area contributed by atoms with Crippen LogP contribution in [0.15, 0.2) is 0 Å². The number of amides is 1. The zero-order valence-electron chi connectivity index (χ0n) is 12.8. The molecule has 0 aromatic rings. The van der Waals surface area contributed by atoms with Gasteiger partial charge in [0.05, 0.1) is 12.2 Å². The minimum atomic E-state index is -0.440. The average molecular weight is 285 g/mol. The number of hydrogen-bond donors (Lipinski definition) is 1. The van der Waals surface area contributed by atoms with Crippen LogP contribution < -0.4 is 0 Å². The van der Waals surface area contributed by atoms with Crippen LogP contribution in [0.3, 0.4) is 0 Å². The highest BCUT2D eigenvalue weighted by Crippen LogP contribution is 2.29. The van der Waals surface area contributed by atoms with Crippen LogP contribution in [0.2, 0.25) is 0 Å². The molecule has 20 heavy (non-hydrogen) atoms. The van der Waals surface area contributed by atoms with E-state index >= 15 is 0 Å². The van der Waals surface area contributed by atoms with E-state index in [-0.39, 0.29) is 18.3 Å². The molecule has 2 heterocycles. The first kappa shape index (κ1) is 15.6. The van der Waals surface area contributed by atoms with E-state index in [1.165, 1.54) is 0 Å². The van der Waals surface area contributed by atoms with Crippen molar-refractivity contribution in [3.05, 3.63) is 0 Å². The number of ether oxygens (including phenoxy) is 2. The molecule has 2 aliphatic heterocycles. The van der Waals surface area contributed by atoms with Crippen LogP contribution in [0.1, 0.15) is 46.5 Å². The molecule has 0 aromatic heterocycles. The standard InChI is InChI=1S/C15H27NO4/c1-15(2,3)20-14(18)16-7-4-11(5-8-16)13-10-12(17)6-9-19-13/h11-13,17H,4-10H2,1-3H3/t12-,13+/m1/s1. The van der Waals surface area contributed by atoms with E-state index in [0.29, 0.717) is 12.5 Å². The largest absolute Gasteiger partial charge is 0.444 e. The summed E-state index contributed by atoms with van der Waals surface area (Å²) in [7, 11) is 0. The lowest BCUT2D eigenvalue weighted by Crippen LogP contribution is -2.45. The Hall–Kier alpha value is -0.810. The molecule has 5 heteroatoms. The molecule has 0 bridgehead atoms. The Morgan fingerprint density at radius 3 is 2.45 bits per heavy atom. The van der Waals surface area contributed by atoms with Gasteiger partial charge in [-0.1, -0.05) is 0 Å². The first-order valence-electron chi connectivity index (χ1n) is 7.63. The predicted molar refractivity (Wildman–Crippen MR) is 75.5 cm³/mol. The number of nitrogens with zero attached hydrogens (tertiary/aromatic N) is 1. The lowest BCUT2D eigenvalue weighted by molar-refractivity contribution is -0.0801. The number of aliphatic hydroxyl groups is 1. The van der Waals surface area contributed by atoms with Crippen molar-refractivity contribution in [3.8, 4) is 0 Å². The Morgan fingerprint density at radius 1 is 1.25 bits per heavy atom. The molecule has 1 N–H and O–H groups in total. The number of hydrogen-bond acceptors (Lipinski definition) is 4. The number of aliphatic hydroxyl groups excluding tert-OH is 1. The van der Waals surface area contributed by atoms with Gasteiger partial charge in [-0.25, -0.2) is 4.79 Å². The maximum Gasteiger partial charge on any atom is 0.410 e. The molecule has 116 valence electrons. The SMILES string of the molecule is CC(C)(C)OC(=O)N1CCC([C@@H]2C[C@H](O)CCO2)CC1. The predicted octanol–water partition coefficient (Wildman–Crippen LogP) is 2.17. The maximum atomic E-state index is 12.0. The fourth-order valence-electron chi connectivity index (χ4n) is 2.92. The van der Waals surface area contributed by atoms with Gasteiger partial charge in [-0.05, 0) is 52.4 Å². The Bertz CT molecular complexity index is 331. The molecule has 2 saturated heterocycles. The zero-order valence-corrected chi connectivity index (χ0v) is 12.8. The summed E-state index contributed by atoms with van der Waals surface area (Å²) in [5, 5.41) is 9.71. The molecule has 0 aromatic carbocycles. The summed E-state index contributed by atoms with van der Waals surface area (Å²) < 4.78 is 11.2. The molecule has 2 rings (SSSR count). The third-order valence-corrected chi connectivity index (χ3v) is 4.00. The monoisotopic (exact) mass is 285 g/mol. The molecule has 0 spiro atoms. The van der Waals surface area contributed by atoms with Gasteiger partial charge in [-0.15, -0.1) is 0 Å². The summed E-state index contributed by atoms with van der Waals surface area (Å²) in [6.07, 6.45) is 3.04. The second-order valence-corrected chi connectivity index (χ2v) is 6.89. The van der Waals surface area contributed by atoms with Crippen molar-refractivity contribution in [2.45, 2.75) is 64.3 Å². The first-order chi connectivity index (χ1) is 9.35. The minimum Gasteiger partial charge on any atom is -0.444 e. The van der Waals surface area contributed by atoms with Crippen LogP contribution in [-0.4, -0.2) is 53.6 Å². The van der Waals surface area contributed by atoms with Crippen molar-refractivity contribution in [1.82, 2.24) is 4.90 Å². The minimum absolute atomic E-state index is 0.152. The van der Waals surface area contributed by atoms with Crippen molar-refractivity contribution in [2.75, 3.05) is 19.7 Å². The summed E-state index contributed by atoms with van der Waals surface area (Å²) in [4.78, 5) is 13.8. The van der Waals surface area contributed by atoms with Crippen molar-refractivity contribution in [1.29, 1.82) is 0 Å². The van der Waals surface area contributed by atoms with Gasteiger partial charge in [-0.2, -0.15) is 0 Å². The summed E-state index contributed by atoms with van der Waals surface area (Å²) in [5.41, 5.74) is -0.440. The maximum absolute atomic E-state index is 12.0. The van der Waals surface area contributed by atoms with Gasteiger partial charge in [-0.3, -0.25) is 0 Å². The van der Waals surface area contributed by atoms with Crippen LogP contribution in [0.25, 0.3) is 0 Å². The molecule has 0 radical (unpaired) electrons. The highest BCUT2D eigenvalue weighted by atomic mass is 16.6. The number of piperidine rings is 1. The summed E-state index contributed by atoms with van der Waals surface area (Å²) in [6, 6.07) is 0. The quantitative estimate of drug-likeness (QED) is 0.802. The second kappa shape index (κ2) is 6.31. The summed E-state index contributed by atoms with van der Waals surface area (Å²) in [6.45, 7) is 7.74. The van der Waals surface area contributed by atoms with Crippen molar-refractivity contribution in [2.24, 2.45) is 5.92 Å². The van der Waals surface area contributed by atoms with Gasteiger partial charge in [0.2, 0.25) is 0 Å². The van der Waals surface area contributed by atoms with Gasteiger partial charge >= 0.3 is 6.09 Å². The molecule has 0 aliphatic carbocycles. The topological polar surface area (TPSA) is 59.0 Å². The van der Waals surface area contributed by atoms with Gasteiger partial charge in [0.1, 0.15) is 5.60 Å². The molecule has 0 saturated carbocycles. The second-order valence-electron chi connectivity index (χ2n) is 6.89. The Balaban J connectivity index is 1.78. The molecule has 2 fully saturated rings. The highest BCUT2D eigenvalue weighted by Gasteiger charge is 2.33. The van der Waals surface area contributed by atoms with Crippen molar-refractivity contribution >= 4 is 6.09 Å². The van der Waals surface area contributed by atoms with E-state index in [1.807, 2.05) is 20.8 Å². The third-order valence-electron chi connectivity index (χ3n) is 4.00. The highest BCUT2D eigenvalue weighted by molar-refractivity contribution is 5.68.